The molecular weight excluding hydrogens is 260 g/mol. The van der Waals surface area contributed by atoms with E-state index in [4.69, 9.17) is 4.74 Å². The number of nitrogens with one attached hydrogen (secondary N) is 1. The van der Waals surface area contributed by atoms with E-state index in [9.17, 15) is 0 Å². The molecule has 116 valence electrons. The van der Waals surface area contributed by atoms with Crippen LogP contribution in [0.4, 0.5) is 5.69 Å². The molecule has 0 bridgehead atoms. The van der Waals surface area contributed by atoms with E-state index in [1.165, 1.54) is 43.4 Å². The van der Waals surface area contributed by atoms with Crippen LogP contribution in [0, 0.1) is 0 Å². The first-order chi connectivity index (χ1) is 10.3. The van der Waals surface area contributed by atoms with Crippen molar-refractivity contribution in [3.8, 4) is 0 Å². The zero-order valence-corrected chi connectivity index (χ0v) is 13.4. The van der Waals surface area contributed by atoms with Crippen molar-refractivity contribution in [3.63, 3.8) is 0 Å². The van der Waals surface area contributed by atoms with Gasteiger partial charge in [-0.2, -0.15) is 0 Å². The van der Waals surface area contributed by atoms with E-state index < -0.39 is 0 Å². The van der Waals surface area contributed by atoms with Gasteiger partial charge >= 0.3 is 0 Å². The maximum atomic E-state index is 5.29. The summed E-state index contributed by atoms with van der Waals surface area (Å²) in [7, 11) is 1.76. The first-order valence-electron chi connectivity index (χ1n) is 8.36. The zero-order chi connectivity index (χ0) is 14.7. The van der Waals surface area contributed by atoms with Crippen molar-refractivity contribution in [2.45, 2.75) is 57.2 Å². The molecule has 3 heteroatoms. The van der Waals surface area contributed by atoms with Crippen molar-refractivity contribution in [3.05, 3.63) is 29.8 Å². The molecule has 1 unspecified atom stereocenters. The molecule has 1 aliphatic heterocycles. The molecule has 1 spiro atoms. The zero-order valence-electron chi connectivity index (χ0n) is 13.4. The lowest BCUT2D eigenvalue weighted by Gasteiger charge is -2.47. The Hall–Kier alpha value is -1.06. The monoisotopic (exact) mass is 288 g/mol. The van der Waals surface area contributed by atoms with Crippen LogP contribution in [-0.2, 0) is 11.3 Å². The Morgan fingerprint density at radius 2 is 2.14 bits per heavy atom. The predicted molar refractivity (Wildman–Crippen MR) is 87.8 cm³/mol. The van der Waals surface area contributed by atoms with Crippen LogP contribution >= 0.6 is 0 Å². The first kappa shape index (κ1) is 14.9. The van der Waals surface area contributed by atoms with Gasteiger partial charge in [0.2, 0.25) is 0 Å². The van der Waals surface area contributed by atoms with E-state index in [1.54, 1.807) is 7.11 Å². The van der Waals surface area contributed by atoms with Gasteiger partial charge < -0.3 is 15.0 Å². The quantitative estimate of drug-likeness (QED) is 0.919. The third kappa shape index (κ3) is 3.09. The van der Waals surface area contributed by atoms with Gasteiger partial charge in [-0.25, -0.2) is 0 Å². The summed E-state index contributed by atoms with van der Waals surface area (Å²) >= 11 is 0. The lowest BCUT2D eigenvalue weighted by molar-refractivity contribution is 0.185. The molecule has 0 aromatic heterocycles. The summed E-state index contributed by atoms with van der Waals surface area (Å²) in [6, 6.07) is 9.49. The molecule has 1 saturated heterocycles. The number of ether oxygens (including phenoxy) is 1. The number of methoxy groups -OCH3 is 1. The minimum atomic E-state index is 0.364. The van der Waals surface area contributed by atoms with Gasteiger partial charge in [0.1, 0.15) is 0 Å². The van der Waals surface area contributed by atoms with Gasteiger partial charge in [0.25, 0.3) is 0 Å². The van der Waals surface area contributed by atoms with Crippen LogP contribution < -0.4 is 10.2 Å². The summed E-state index contributed by atoms with van der Waals surface area (Å²) in [5.41, 5.74) is 3.00. The highest BCUT2D eigenvalue weighted by Crippen LogP contribution is 2.35. The van der Waals surface area contributed by atoms with E-state index in [0.29, 0.717) is 18.2 Å². The second kappa shape index (κ2) is 6.37. The van der Waals surface area contributed by atoms with Crippen molar-refractivity contribution >= 4 is 5.69 Å². The van der Waals surface area contributed by atoms with Crippen LogP contribution in [0.2, 0.25) is 0 Å². The summed E-state index contributed by atoms with van der Waals surface area (Å²) in [4.78, 5) is 2.64. The van der Waals surface area contributed by atoms with Crippen molar-refractivity contribution in [1.82, 2.24) is 5.32 Å². The fraction of sp³-hybridized carbons (Fsp3) is 0.667. The molecule has 1 atom stereocenters. The van der Waals surface area contributed by atoms with E-state index in [2.05, 4.69) is 41.4 Å². The molecule has 1 aliphatic carbocycles. The van der Waals surface area contributed by atoms with E-state index in [0.717, 1.165) is 13.1 Å². The van der Waals surface area contributed by atoms with Gasteiger partial charge in [-0.3, -0.25) is 0 Å². The van der Waals surface area contributed by atoms with Crippen molar-refractivity contribution in [2.24, 2.45) is 0 Å². The first-order valence-corrected chi connectivity index (χ1v) is 8.36. The number of benzene rings is 1. The molecule has 1 heterocycles. The SMILES string of the molecule is CCC1CNC2(CCCC2)CN1c1cccc(COC)c1. The number of hydrogen-bond acceptors (Lipinski definition) is 3. The summed E-state index contributed by atoms with van der Waals surface area (Å²) < 4.78 is 5.29. The van der Waals surface area contributed by atoms with Crippen molar-refractivity contribution < 1.29 is 4.74 Å². The van der Waals surface area contributed by atoms with Gasteiger partial charge in [-0.15, -0.1) is 0 Å². The largest absolute Gasteiger partial charge is 0.380 e. The molecule has 0 radical (unpaired) electrons. The van der Waals surface area contributed by atoms with Crippen molar-refractivity contribution in [1.29, 1.82) is 0 Å². The minimum Gasteiger partial charge on any atom is -0.380 e. The maximum Gasteiger partial charge on any atom is 0.0713 e. The molecule has 0 amide bonds. The van der Waals surface area contributed by atoms with Gasteiger partial charge in [0.15, 0.2) is 0 Å². The summed E-state index contributed by atoms with van der Waals surface area (Å²) in [5, 5.41) is 3.87. The molecular formula is C18H28N2O. The van der Waals surface area contributed by atoms with Crippen molar-refractivity contribution in [2.75, 3.05) is 25.1 Å². The lowest BCUT2D eigenvalue weighted by Crippen LogP contribution is -2.63. The summed E-state index contributed by atoms with van der Waals surface area (Å²) in [6.45, 7) is 5.26. The lowest BCUT2D eigenvalue weighted by atomic mass is 9.91. The minimum absolute atomic E-state index is 0.364. The third-order valence-electron chi connectivity index (χ3n) is 5.21. The summed E-state index contributed by atoms with van der Waals surface area (Å²) in [5.74, 6) is 0. The predicted octanol–water partition coefficient (Wildman–Crippen LogP) is 3.33. The topological polar surface area (TPSA) is 24.5 Å². The number of anilines is 1. The molecule has 2 aliphatic rings. The summed E-state index contributed by atoms with van der Waals surface area (Å²) in [6.07, 6.45) is 6.61. The Morgan fingerprint density at radius 3 is 2.86 bits per heavy atom. The molecule has 1 N–H and O–H groups in total. The normalized spacial score (nSPS) is 24.7. The van der Waals surface area contributed by atoms with E-state index in [-0.39, 0.29) is 0 Å². The molecule has 21 heavy (non-hydrogen) atoms. The molecule has 3 nitrogen and oxygen atoms in total. The fourth-order valence-electron chi connectivity index (χ4n) is 4.00. The number of rotatable bonds is 4. The molecule has 3 rings (SSSR count). The van der Waals surface area contributed by atoms with E-state index in [1.807, 2.05) is 0 Å². The number of nitrogens with zero attached hydrogens (tertiary/aromatic N) is 1. The van der Waals surface area contributed by atoms with Gasteiger partial charge in [0.05, 0.1) is 6.61 Å². The van der Waals surface area contributed by atoms with Gasteiger partial charge in [-0.1, -0.05) is 31.9 Å². The average Bonchev–Trinajstić information content (AvgIpc) is 2.96. The molecule has 1 aromatic rings. The average molecular weight is 288 g/mol. The Labute approximate surface area is 128 Å². The Bertz CT molecular complexity index is 468. The smallest absolute Gasteiger partial charge is 0.0713 e. The standard InChI is InChI=1S/C18H28N2O/c1-3-16-12-19-18(9-4-5-10-18)14-20(16)17-8-6-7-15(11-17)13-21-2/h6-8,11,16,19H,3-5,9-10,12-14H2,1-2H3. The van der Waals surface area contributed by atoms with Crippen LogP contribution in [0.5, 0.6) is 0 Å². The van der Waals surface area contributed by atoms with Crippen LogP contribution in [0.25, 0.3) is 0 Å². The highest BCUT2D eigenvalue weighted by Gasteiger charge is 2.40. The molecule has 1 saturated carbocycles. The highest BCUT2D eigenvalue weighted by atomic mass is 16.5. The number of hydrogen-bond donors (Lipinski definition) is 1. The second-order valence-corrected chi connectivity index (χ2v) is 6.66. The highest BCUT2D eigenvalue weighted by molar-refractivity contribution is 5.51. The second-order valence-electron chi connectivity index (χ2n) is 6.66. The van der Waals surface area contributed by atoms with E-state index >= 15 is 0 Å². The van der Waals surface area contributed by atoms with Gasteiger partial charge in [0, 0.05) is 37.5 Å². The van der Waals surface area contributed by atoms with Crippen LogP contribution in [-0.4, -0.2) is 31.8 Å². The van der Waals surface area contributed by atoms with Crippen LogP contribution in [0.15, 0.2) is 24.3 Å². The fourth-order valence-corrected chi connectivity index (χ4v) is 4.00. The molecule has 2 fully saturated rings. The maximum absolute atomic E-state index is 5.29. The van der Waals surface area contributed by atoms with Gasteiger partial charge in [-0.05, 0) is 37.0 Å². The Kier molecular flexibility index (Phi) is 4.51. The third-order valence-corrected chi connectivity index (χ3v) is 5.21. The number of piperazine rings is 1. The Balaban J connectivity index is 1.83. The van der Waals surface area contributed by atoms with Crippen LogP contribution in [0.1, 0.15) is 44.6 Å². The van der Waals surface area contributed by atoms with Crippen LogP contribution in [0.3, 0.4) is 0 Å². The molecule has 1 aromatic carbocycles. The Morgan fingerprint density at radius 1 is 1.33 bits per heavy atom.